The predicted octanol–water partition coefficient (Wildman–Crippen LogP) is 0.141. The predicted molar refractivity (Wildman–Crippen MR) is 73.1 cm³/mol. The summed E-state index contributed by atoms with van der Waals surface area (Å²) < 4.78 is 24.3. The monoisotopic (exact) mass is 275 g/mol. The van der Waals surface area contributed by atoms with Crippen molar-refractivity contribution < 1.29 is 8.42 Å². The maximum atomic E-state index is 10.9. The van der Waals surface area contributed by atoms with Gasteiger partial charge in [-0.3, -0.25) is 4.90 Å². The van der Waals surface area contributed by atoms with Crippen LogP contribution in [0.1, 0.15) is 32.6 Å². The second-order valence-corrected chi connectivity index (χ2v) is 7.52. The molecular formula is C12H25N3O2S. The average Bonchev–Trinajstić information content (AvgIpc) is 3.02. The van der Waals surface area contributed by atoms with E-state index in [-0.39, 0.29) is 0 Å². The molecular weight excluding hydrogens is 250 g/mol. The van der Waals surface area contributed by atoms with Gasteiger partial charge in [0, 0.05) is 31.2 Å². The second kappa shape index (κ2) is 5.86. The minimum Gasteiger partial charge on any atom is -0.313 e. The number of hydrogen-bond donors (Lipinski definition) is 2. The number of likely N-dealkylation sites (tertiary alicyclic amines) is 1. The Labute approximate surface area is 110 Å². The summed E-state index contributed by atoms with van der Waals surface area (Å²) in [6, 6.07) is 2.13. The fourth-order valence-corrected chi connectivity index (χ4v) is 3.29. The van der Waals surface area contributed by atoms with Gasteiger partial charge in [-0.05, 0) is 39.2 Å². The minimum absolute atomic E-state index is 0.528. The molecule has 2 atom stereocenters. The van der Waals surface area contributed by atoms with Crippen LogP contribution in [0.3, 0.4) is 0 Å². The molecule has 0 aromatic rings. The quantitative estimate of drug-likeness (QED) is 0.649. The number of hydrogen-bond acceptors (Lipinski definition) is 4. The van der Waals surface area contributed by atoms with Gasteiger partial charge in [0.05, 0.1) is 6.26 Å². The van der Waals surface area contributed by atoms with E-state index in [2.05, 4.69) is 21.9 Å². The molecule has 0 bridgehead atoms. The molecule has 2 fully saturated rings. The van der Waals surface area contributed by atoms with Crippen molar-refractivity contribution >= 4 is 10.0 Å². The van der Waals surface area contributed by atoms with Crippen LogP contribution in [0.2, 0.25) is 0 Å². The van der Waals surface area contributed by atoms with Crippen LogP contribution in [0.5, 0.6) is 0 Å². The van der Waals surface area contributed by atoms with Crippen LogP contribution in [-0.4, -0.2) is 57.3 Å². The minimum atomic E-state index is -3.03. The molecule has 1 aliphatic heterocycles. The summed E-state index contributed by atoms with van der Waals surface area (Å²) in [6.45, 7) is 4.88. The van der Waals surface area contributed by atoms with Crippen LogP contribution in [0, 0.1) is 0 Å². The maximum Gasteiger partial charge on any atom is 0.208 e. The van der Waals surface area contributed by atoms with Crippen molar-refractivity contribution in [2.45, 2.75) is 50.7 Å². The van der Waals surface area contributed by atoms with Gasteiger partial charge in [0.2, 0.25) is 10.0 Å². The standard InChI is InChI=1S/C12H25N3O2S/c1-10-8-11(9-15(10)12-4-5-12)13-6-3-7-14-18(2,16)17/h10-14H,3-9H2,1-2H3. The number of nitrogens with one attached hydrogen (secondary N) is 2. The maximum absolute atomic E-state index is 10.9. The van der Waals surface area contributed by atoms with E-state index in [0.717, 1.165) is 25.6 Å². The SMILES string of the molecule is CC1CC(NCCCNS(C)(=O)=O)CN1C1CC1. The Morgan fingerprint density at radius 3 is 2.61 bits per heavy atom. The molecule has 2 unspecified atom stereocenters. The Balaban J connectivity index is 1.57. The summed E-state index contributed by atoms with van der Waals surface area (Å²) in [5, 5.41) is 3.53. The zero-order chi connectivity index (χ0) is 13.2. The fraction of sp³-hybridized carbons (Fsp3) is 1.00. The molecule has 1 saturated carbocycles. The summed E-state index contributed by atoms with van der Waals surface area (Å²) >= 11 is 0. The lowest BCUT2D eigenvalue weighted by atomic mass is 10.2. The summed E-state index contributed by atoms with van der Waals surface area (Å²) in [5.74, 6) is 0. The number of nitrogens with zero attached hydrogens (tertiary/aromatic N) is 1. The first-order valence-electron chi connectivity index (χ1n) is 6.89. The summed E-state index contributed by atoms with van der Waals surface area (Å²) in [6.07, 6.45) is 6.01. The van der Waals surface area contributed by atoms with E-state index in [9.17, 15) is 8.42 Å². The molecule has 18 heavy (non-hydrogen) atoms. The van der Waals surface area contributed by atoms with Crippen molar-refractivity contribution in [3.63, 3.8) is 0 Å². The van der Waals surface area contributed by atoms with E-state index in [0.29, 0.717) is 18.6 Å². The van der Waals surface area contributed by atoms with Crippen LogP contribution in [0.25, 0.3) is 0 Å². The molecule has 106 valence electrons. The Hall–Kier alpha value is -0.170. The molecule has 5 nitrogen and oxygen atoms in total. The summed E-state index contributed by atoms with van der Waals surface area (Å²) in [4.78, 5) is 2.62. The van der Waals surface area contributed by atoms with Gasteiger partial charge in [0.25, 0.3) is 0 Å². The lowest BCUT2D eigenvalue weighted by molar-refractivity contribution is 0.255. The van der Waals surface area contributed by atoms with E-state index < -0.39 is 10.0 Å². The molecule has 0 aromatic carbocycles. The molecule has 0 amide bonds. The Morgan fingerprint density at radius 2 is 2.00 bits per heavy atom. The molecule has 0 spiro atoms. The van der Waals surface area contributed by atoms with E-state index in [4.69, 9.17) is 0 Å². The third-order valence-corrected chi connectivity index (χ3v) is 4.52. The summed E-state index contributed by atoms with van der Waals surface area (Å²) in [5.41, 5.74) is 0. The van der Waals surface area contributed by atoms with Gasteiger partial charge >= 0.3 is 0 Å². The number of rotatable bonds is 7. The van der Waals surface area contributed by atoms with Crippen molar-refractivity contribution in [2.75, 3.05) is 25.9 Å². The van der Waals surface area contributed by atoms with Crippen molar-refractivity contribution in [3.8, 4) is 0 Å². The first kappa shape index (κ1) is 14.2. The highest BCUT2D eigenvalue weighted by atomic mass is 32.2. The van der Waals surface area contributed by atoms with E-state index >= 15 is 0 Å². The van der Waals surface area contributed by atoms with Crippen LogP contribution in [-0.2, 0) is 10.0 Å². The lowest BCUT2D eigenvalue weighted by Gasteiger charge is -2.19. The molecule has 2 N–H and O–H groups in total. The average molecular weight is 275 g/mol. The summed E-state index contributed by atoms with van der Waals surface area (Å²) in [7, 11) is -3.03. The molecule has 1 aliphatic carbocycles. The first-order chi connectivity index (χ1) is 8.46. The highest BCUT2D eigenvalue weighted by Gasteiger charge is 2.38. The van der Waals surface area contributed by atoms with Crippen LogP contribution in [0.4, 0.5) is 0 Å². The normalized spacial score (nSPS) is 29.9. The third-order valence-electron chi connectivity index (χ3n) is 3.79. The molecule has 1 heterocycles. The van der Waals surface area contributed by atoms with Crippen LogP contribution in [0.15, 0.2) is 0 Å². The van der Waals surface area contributed by atoms with Gasteiger partial charge in [-0.15, -0.1) is 0 Å². The van der Waals surface area contributed by atoms with Gasteiger partial charge in [-0.2, -0.15) is 0 Å². The van der Waals surface area contributed by atoms with Crippen molar-refractivity contribution in [2.24, 2.45) is 0 Å². The largest absolute Gasteiger partial charge is 0.313 e. The van der Waals surface area contributed by atoms with Gasteiger partial charge in [-0.25, -0.2) is 13.1 Å². The topological polar surface area (TPSA) is 61.4 Å². The van der Waals surface area contributed by atoms with Gasteiger partial charge in [0.1, 0.15) is 0 Å². The Bertz CT molecular complexity index is 368. The second-order valence-electron chi connectivity index (χ2n) is 5.68. The fourth-order valence-electron chi connectivity index (χ4n) is 2.77. The molecule has 0 aromatic heterocycles. The van der Waals surface area contributed by atoms with Crippen molar-refractivity contribution in [1.82, 2.24) is 14.9 Å². The smallest absolute Gasteiger partial charge is 0.208 e. The third kappa shape index (κ3) is 4.50. The molecule has 6 heteroatoms. The Kier molecular flexibility index (Phi) is 4.64. The van der Waals surface area contributed by atoms with Crippen molar-refractivity contribution in [3.05, 3.63) is 0 Å². The molecule has 2 aliphatic rings. The van der Waals surface area contributed by atoms with E-state index in [1.54, 1.807) is 0 Å². The lowest BCUT2D eigenvalue weighted by Crippen LogP contribution is -2.35. The highest BCUT2D eigenvalue weighted by molar-refractivity contribution is 7.88. The first-order valence-corrected chi connectivity index (χ1v) is 8.78. The zero-order valence-corrected chi connectivity index (χ0v) is 12.2. The molecule has 0 radical (unpaired) electrons. The highest BCUT2D eigenvalue weighted by Crippen LogP contribution is 2.33. The molecule has 2 rings (SSSR count). The van der Waals surface area contributed by atoms with Crippen LogP contribution >= 0.6 is 0 Å². The zero-order valence-electron chi connectivity index (χ0n) is 11.4. The van der Waals surface area contributed by atoms with Gasteiger partial charge in [0.15, 0.2) is 0 Å². The van der Waals surface area contributed by atoms with E-state index in [1.165, 1.54) is 25.5 Å². The van der Waals surface area contributed by atoms with E-state index in [1.807, 2.05) is 0 Å². The van der Waals surface area contributed by atoms with Gasteiger partial charge < -0.3 is 5.32 Å². The number of sulfonamides is 1. The molecule has 1 saturated heterocycles. The van der Waals surface area contributed by atoms with Crippen LogP contribution < -0.4 is 10.0 Å². The van der Waals surface area contributed by atoms with Crippen molar-refractivity contribution in [1.29, 1.82) is 0 Å². The Morgan fingerprint density at radius 1 is 1.28 bits per heavy atom. The van der Waals surface area contributed by atoms with Gasteiger partial charge in [-0.1, -0.05) is 0 Å².